The molecule has 0 saturated heterocycles. The smallest absolute Gasteiger partial charge is 0.0133 e. The zero-order valence-corrected chi connectivity index (χ0v) is 13.5. The van der Waals surface area contributed by atoms with Crippen LogP contribution in [0.5, 0.6) is 0 Å². The fourth-order valence-corrected chi connectivity index (χ4v) is 3.15. The van der Waals surface area contributed by atoms with E-state index in [9.17, 15) is 0 Å². The second kappa shape index (κ2) is 5.04. The molecule has 0 aliphatic rings. The maximum absolute atomic E-state index is 2.35. The zero-order chi connectivity index (χ0) is 11.7. The van der Waals surface area contributed by atoms with Crippen molar-refractivity contribution in [1.82, 2.24) is 0 Å². The van der Waals surface area contributed by atoms with Gasteiger partial charge in [0.05, 0.1) is 0 Å². The molecule has 0 heterocycles. The third-order valence-electron chi connectivity index (χ3n) is 2.67. The molecule has 2 aromatic rings. The zero-order valence-electron chi connectivity index (χ0n) is 9.22. The van der Waals surface area contributed by atoms with E-state index in [0.29, 0.717) is 0 Å². The van der Waals surface area contributed by atoms with Crippen LogP contribution >= 0.6 is 45.2 Å². The van der Waals surface area contributed by atoms with Gasteiger partial charge in [0.1, 0.15) is 0 Å². The largest absolute Gasteiger partial charge is 0.0531 e. The molecule has 2 rings (SSSR count). The Morgan fingerprint density at radius 3 is 1.38 bits per heavy atom. The van der Waals surface area contributed by atoms with Crippen LogP contribution in [0, 0.1) is 21.0 Å². The fraction of sp³-hybridized carbons (Fsp3) is 0.143. The molecule has 0 spiro atoms. The standard InChI is InChI=1S/C14H12I2/c1-9-7-11(15)3-5-13(9)14-6-4-12(16)8-10(14)2/h3-8H,1-2H3. The van der Waals surface area contributed by atoms with Gasteiger partial charge in [-0.15, -0.1) is 0 Å². The molecule has 82 valence electrons. The molecule has 2 aromatic carbocycles. The van der Waals surface area contributed by atoms with Crippen molar-refractivity contribution in [3.05, 3.63) is 54.7 Å². The highest BCUT2D eigenvalue weighted by Gasteiger charge is 2.05. The van der Waals surface area contributed by atoms with Crippen LogP contribution in [-0.4, -0.2) is 0 Å². The summed E-state index contributed by atoms with van der Waals surface area (Å²) in [6, 6.07) is 13.2. The molecule has 0 saturated carbocycles. The van der Waals surface area contributed by atoms with Crippen molar-refractivity contribution in [3.63, 3.8) is 0 Å². The Balaban J connectivity index is 2.59. The average Bonchev–Trinajstić information content (AvgIpc) is 2.19. The van der Waals surface area contributed by atoms with Crippen molar-refractivity contribution in [2.45, 2.75) is 13.8 Å². The van der Waals surface area contributed by atoms with Crippen LogP contribution in [0.3, 0.4) is 0 Å². The summed E-state index contributed by atoms with van der Waals surface area (Å²) in [7, 11) is 0. The van der Waals surface area contributed by atoms with E-state index in [2.05, 4.69) is 95.4 Å². The van der Waals surface area contributed by atoms with Crippen molar-refractivity contribution < 1.29 is 0 Å². The van der Waals surface area contributed by atoms with Crippen LogP contribution in [-0.2, 0) is 0 Å². The molecule has 2 heteroatoms. The second-order valence-corrected chi connectivity index (χ2v) is 6.41. The Bertz CT molecular complexity index is 481. The van der Waals surface area contributed by atoms with Gasteiger partial charge in [-0.3, -0.25) is 0 Å². The lowest BCUT2D eigenvalue weighted by molar-refractivity contribution is 1.39. The highest BCUT2D eigenvalue weighted by Crippen LogP contribution is 2.28. The number of hydrogen-bond donors (Lipinski definition) is 0. The minimum Gasteiger partial charge on any atom is -0.0531 e. The number of aryl methyl sites for hydroxylation is 2. The van der Waals surface area contributed by atoms with E-state index in [1.807, 2.05) is 0 Å². The first-order chi connectivity index (χ1) is 7.58. The Morgan fingerprint density at radius 1 is 0.688 bits per heavy atom. The molecule has 0 fully saturated rings. The van der Waals surface area contributed by atoms with E-state index >= 15 is 0 Å². The van der Waals surface area contributed by atoms with Crippen LogP contribution in [0.15, 0.2) is 36.4 Å². The highest BCUT2D eigenvalue weighted by atomic mass is 127. The molecule has 0 nitrogen and oxygen atoms in total. The molecule has 0 bridgehead atoms. The molecule has 0 radical (unpaired) electrons. The van der Waals surface area contributed by atoms with E-state index < -0.39 is 0 Å². The monoisotopic (exact) mass is 434 g/mol. The van der Waals surface area contributed by atoms with E-state index in [1.165, 1.54) is 29.4 Å². The van der Waals surface area contributed by atoms with Gasteiger partial charge in [-0.25, -0.2) is 0 Å². The molecular formula is C14H12I2. The van der Waals surface area contributed by atoms with Gasteiger partial charge >= 0.3 is 0 Å². The van der Waals surface area contributed by atoms with Gasteiger partial charge in [0.15, 0.2) is 0 Å². The summed E-state index contributed by atoms with van der Waals surface area (Å²) in [6.07, 6.45) is 0. The molecule has 0 amide bonds. The van der Waals surface area contributed by atoms with E-state index in [4.69, 9.17) is 0 Å². The summed E-state index contributed by atoms with van der Waals surface area (Å²) in [4.78, 5) is 0. The number of hydrogen-bond acceptors (Lipinski definition) is 0. The van der Waals surface area contributed by atoms with Gasteiger partial charge in [0.25, 0.3) is 0 Å². The first-order valence-corrected chi connectivity index (χ1v) is 7.26. The first-order valence-electron chi connectivity index (χ1n) is 5.10. The Labute approximate surface area is 124 Å². The Morgan fingerprint density at radius 2 is 1.06 bits per heavy atom. The lowest BCUT2D eigenvalue weighted by Crippen LogP contribution is -1.88. The lowest BCUT2D eigenvalue weighted by atomic mass is 9.97. The predicted molar refractivity (Wildman–Crippen MR) is 86.8 cm³/mol. The molecule has 0 atom stereocenters. The Hall–Kier alpha value is -0.100. The van der Waals surface area contributed by atoms with Crippen molar-refractivity contribution in [1.29, 1.82) is 0 Å². The third-order valence-corrected chi connectivity index (χ3v) is 4.01. The summed E-state index contributed by atoms with van der Waals surface area (Å²) < 4.78 is 2.59. The van der Waals surface area contributed by atoms with Gasteiger partial charge in [0, 0.05) is 7.14 Å². The van der Waals surface area contributed by atoms with Gasteiger partial charge in [-0.05, 0) is 106 Å². The average molecular weight is 434 g/mol. The highest BCUT2D eigenvalue weighted by molar-refractivity contribution is 14.1. The van der Waals surface area contributed by atoms with Crippen LogP contribution in [0.25, 0.3) is 11.1 Å². The van der Waals surface area contributed by atoms with E-state index in [1.54, 1.807) is 0 Å². The van der Waals surface area contributed by atoms with Crippen LogP contribution in [0.1, 0.15) is 11.1 Å². The minimum atomic E-state index is 1.29. The normalized spacial score (nSPS) is 10.5. The second-order valence-electron chi connectivity index (χ2n) is 3.92. The van der Waals surface area contributed by atoms with Gasteiger partial charge in [0.2, 0.25) is 0 Å². The van der Waals surface area contributed by atoms with Crippen LogP contribution in [0.2, 0.25) is 0 Å². The van der Waals surface area contributed by atoms with Crippen molar-refractivity contribution >= 4 is 45.2 Å². The first kappa shape index (κ1) is 12.4. The van der Waals surface area contributed by atoms with Crippen molar-refractivity contribution in [3.8, 4) is 11.1 Å². The summed E-state index contributed by atoms with van der Waals surface area (Å²) in [5, 5.41) is 0. The van der Waals surface area contributed by atoms with Crippen molar-refractivity contribution in [2.75, 3.05) is 0 Å². The molecule has 0 N–H and O–H groups in total. The van der Waals surface area contributed by atoms with E-state index in [0.717, 1.165) is 0 Å². The molecule has 16 heavy (non-hydrogen) atoms. The fourth-order valence-electron chi connectivity index (χ4n) is 1.86. The number of halogens is 2. The maximum Gasteiger partial charge on any atom is 0.0133 e. The van der Waals surface area contributed by atoms with Gasteiger partial charge in [-0.1, -0.05) is 12.1 Å². The molecule has 0 aromatic heterocycles. The van der Waals surface area contributed by atoms with Crippen LogP contribution in [0.4, 0.5) is 0 Å². The summed E-state index contributed by atoms with van der Waals surface area (Å²) in [6.45, 7) is 4.35. The van der Waals surface area contributed by atoms with Crippen LogP contribution < -0.4 is 0 Å². The van der Waals surface area contributed by atoms with Gasteiger partial charge < -0.3 is 0 Å². The topological polar surface area (TPSA) is 0 Å². The summed E-state index contributed by atoms with van der Waals surface area (Å²) >= 11 is 4.71. The summed E-state index contributed by atoms with van der Waals surface area (Å²) in [5.74, 6) is 0. The lowest BCUT2D eigenvalue weighted by Gasteiger charge is -2.10. The quantitative estimate of drug-likeness (QED) is 0.543. The molecule has 0 unspecified atom stereocenters. The SMILES string of the molecule is Cc1cc(I)ccc1-c1ccc(I)cc1C. The molecule has 0 aliphatic carbocycles. The Kier molecular flexibility index (Phi) is 3.89. The number of benzene rings is 2. The molecular weight excluding hydrogens is 422 g/mol. The van der Waals surface area contributed by atoms with Crippen molar-refractivity contribution in [2.24, 2.45) is 0 Å². The molecule has 0 aliphatic heterocycles. The van der Waals surface area contributed by atoms with E-state index in [-0.39, 0.29) is 0 Å². The summed E-state index contributed by atoms with van der Waals surface area (Å²) in [5.41, 5.74) is 5.37. The third kappa shape index (κ3) is 2.59. The predicted octanol–water partition coefficient (Wildman–Crippen LogP) is 5.18. The maximum atomic E-state index is 2.35. The number of rotatable bonds is 1. The minimum absolute atomic E-state index is 1.29. The van der Waals surface area contributed by atoms with Gasteiger partial charge in [-0.2, -0.15) is 0 Å².